The number of benzene rings is 3. The lowest BCUT2D eigenvalue weighted by atomic mass is 10.0. The Kier molecular flexibility index (Phi) is 8.26. The highest BCUT2D eigenvalue weighted by atomic mass is 16.6. The zero-order valence-electron chi connectivity index (χ0n) is 18.2. The van der Waals surface area contributed by atoms with E-state index in [2.05, 4.69) is 13.8 Å². The van der Waals surface area contributed by atoms with E-state index in [1.54, 1.807) is 0 Å². The van der Waals surface area contributed by atoms with Crippen molar-refractivity contribution < 1.29 is 28.5 Å². The molecule has 0 saturated carbocycles. The van der Waals surface area contributed by atoms with Crippen LogP contribution in [0.3, 0.4) is 0 Å². The van der Waals surface area contributed by atoms with Gasteiger partial charge in [0.15, 0.2) is 6.61 Å². The van der Waals surface area contributed by atoms with E-state index in [1.807, 2.05) is 54.6 Å². The van der Waals surface area contributed by atoms with Crippen LogP contribution < -0.4 is 14.2 Å². The topological polar surface area (TPSA) is 71.1 Å². The summed E-state index contributed by atoms with van der Waals surface area (Å²) in [6.45, 7) is 4.28. The Bertz CT molecular complexity index is 1010. The molecule has 3 rings (SSSR count). The summed E-state index contributed by atoms with van der Waals surface area (Å²) in [7, 11) is 0. The minimum atomic E-state index is -0.531. The molecule has 3 aromatic carbocycles. The summed E-state index contributed by atoms with van der Waals surface area (Å²) in [6.07, 6.45) is 0. The normalized spacial score (nSPS) is 10.5. The van der Waals surface area contributed by atoms with E-state index in [1.165, 1.54) is 24.3 Å². The molecule has 3 aromatic rings. The molecule has 0 aliphatic heterocycles. The Balaban J connectivity index is 1.42. The first-order valence-corrected chi connectivity index (χ1v) is 10.4. The fraction of sp³-hybridized carbons (Fsp3) is 0.231. The standard InChI is InChI=1S/C26H26O6/c1-19(2)23-10-6-7-11-24(23)31-18-25(27)32-22-14-12-20(13-15-22)26(28)30-17-16-29-21-8-4-3-5-9-21/h3-15,19H,16-18H2,1-2H3. The third-order valence-corrected chi connectivity index (χ3v) is 4.54. The van der Waals surface area contributed by atoms with Gasteiger partial charge in [-0.05, 0) is 53.9 Å². The minimum absolute atomic E-state index is 0.125. The molecule has 0 saturated heterocycles. The molecular formula is C26H26O6. The van der Waals surface area contributed by atoms with Crippen LogP contribution >= 0.6 is 0 Å². The van der Waals surface area contributed by atoms with E-state index in [4.69, 9.17) is 18.9 Å². The van der Waals surface area contributed by atoms with Crippen LogP contribution in [0.15, 0.2) is 78.9 Å². The summed E-state index contributed by atoms with van der Waals surface area (Å²) < 4.78 is 21.6. The second kappa shape index (κ2) is 11.6. The third-order valence-electron chi connectivity index (χ3n) is 4.54. The maximum absolute atomic E-state index is 12.1. The van der Waals surface area contributed by atoms with E-state index >= 15 is 0 Å². The number of carbonyl (C=O) groups is 2. The Morgan fingerprint density at radius 3 is 2.16 bits per heavy atom. The first-order chi connectivity index (χ1) is 15.5. The average Bonchev–Trinajstić information content (AvgIpc) is 2.81. The molecule has 0 spiro atoms. The van der Waals surface area contributed by atoms with Gasteiger partial charge in [-0.2, -0.15) is 0 Å². The minimum Gasteiger partial charge on any atom is -0.490 e. The van der Waals surface area contributed by atoms with Gasteiger partial charge in [-0.1, -0.05) is 50.2 Å². The lowest BCUT2D eigenvalue weighted by molar-refractivity contribution is -0.136. The van der Waals surface area contributed by atoms with Crippen molar-refractivity contribution in [3.05, 3.63) is 90.0 Å². The van der Waals surface area contributed by atoms with Crippen LogP contribution in [0, 0.1) is 0 Å². The Labute approximate surface area is 187 Å². The molecule has 0 aliphatic carbocycles. The number of ether oxygens (including phenoxy) is 4. The van der Waals surface area contributed by atoms with Crippen molar-refractivity contribution in [3.8, 4) is 17.2 Å². The Hall–Kier alpha value is -3.80. The van der Waals surface area contributed by atoms with Gasteiger partial charge in [0, 0.05) is 0 Å². The van der Waals surface area contributed by atoms with E-state index < -0.39 is 11.9 Å². The number of hydrogen-bond donors (Lipinski definition) is 0. The third kappa shape index (κ3) is 6.87. The van der Waals surface area contributed by atoms with Gasteiger partial charge >= 0.3 is 11.9 Å². The lowest BCUT2D eigenvalue weighted by Gasteiger charge is -2.13. The molecule has 0 fully saturated rings. The predicted octanol–water partition coefficient (Wildman–Crippen LogP) is 5.03. The van der Waals surface area contributed by atoms with Gasteiger partial charge < -0.3 is 18.9 Å². The molecule has 6 nitrogen and oxygen atoms in total. The van der Waals surface area contributed by atoms with Crippen LogP contribution in [0.2, 0.25) is 0 Å². The monoisotopic (exact) mass is 434 g/mol. The highest BCUT2D eigenvalue weighted by molar-refractivity contribution is 5.89. The number of esters is 2. The summed E-state index contributed by atoms with van der Waals surface area (Å²) in [5.41, 5.74) is 1.38. The molecule has 0 heterocycles. The maximum Gasteiger partial charge on any atom is 0.349 e. The zero-order chi connectivity index (χ0) is 22.8. The van der Waals surface area contributed by atoms with Crippen molar-refractivity contribution in [3.63, 3.8) is 0 Å². The molecule has 0 amide bonds. The summed E-state index contributed by atoms with van der Waals surface area (Å²) in [5, 5.41) is 0. The second-order valence-corrected chi connectivity index (χ2v) is 7.28. The molecule has 6 heteroatoms. The van der Waals surface area contributed by atoms with Crippen LogP contribution in [0.25, 0.3) is 0 Å². The number of hydrogen-bond acceptors (Lipinski definition) is 6. The number of rotatable bonds is 10. The molecule has 0 aliphatic rings. The van der Waals surface area contributed by atoms with Crippen LogP contribution in [-0.2, 0) is 9.53 Å². The van der Waals surface area contributed by atoms with Gasteiger partial charge in [0.1, 0.15) is 30.5 Å². The summed E-state index contributed by atoms with van der Waals surface area (Å²) in [5.74, 6) is 0.962. The summed E-state index contributed by atoms with van der Waals surface area (Å²) >= 11 is 0. The summed E-state index contributed by atoms with van der Waals surface area (Å²) in [4.78, 5) is 24.3. The van der Waals surface area contributed by atoms with Gasteiger partial charge in [0.2, 0.25) is 0 Å². The molecule has 0 aromatic heterocycles. The lowest BCUT2D eigenvalue weighted by Crippen LogP contribution is -2.18. The van der Waals surface area contributed by atoms with Crippen molar-refractivity contribution in [1.29, 1.82) is 0 Å². The van der Waals surface area contributed by atoms with Crippen molar-refractivity contribution >= 4 is 11.9 Å². The number of carbonyl (C=O) groups excluding carboxylic acids is 2. The van der Waals surface area contributed by atoms with E-state index in [9.17, 15) is 9.59 Å². The van der Waals surface area contributed by atoms with E-state index in [0.717, 1.165) is 5.56 Å². The zero-order valence-corrected chi connectivity index (χ0v) is 18.2. The van der Waals surface area contributed by atoms with Crippen LogP contribution in [0.4, 0.5) is 0 Å². The molecule has 0 N–H and O–H groups in total. The van der Waals surface area contributed by atoms with Crippen molar-refractivity contribution in [1.82, 2.24) is 0 Å². The molecule has 0 atom stereocenters. The number of para-hydroxylation sites is 2. The molecular weight excluding hydrogens is 408 g/mol. The van der Waals surface area contributed by atoms with Crippen LogP contribution in [0.5, 0.6) is 17.2 Å². The van der Waals surface area contributed by atoms with Gasteiger partial charge in [-0.25, -0.2) is 9.59 Å². The molecule has 0 radical (unpaired) electrons. The predicted molar refractivity (Wildman–Crippen MR) is 120 cm³/mol. The molecule has 0 bridgehead atoms. The molecule has 0 unspecified atom stereocenters. The van der Waals surface area contributed by atoms with Gasteiger partial charge in [0.25, 0.3) is 0 Å². The largest absolute Gasteiger partial charge is 0.490 e. The summed E-state index contributed by atoms with van der Waals surface area (Å²) in [6, 6.07) is 23.0. The Morgan fingerprint density at radius 1 is 0.750 bits per heavy atom. The first kappa shape index (κ1) is 22.9. The highest BCUT2D eigenvalue weighted by Gasteiger charge is 2.12. The SMILES string of the molecule is CC(C)c1ccccc1OCC(=O)Oc1ccc(C(=O)OCCOc2ccccc2)cc1. The van der Waals surface area contributed by atoms with Gasteiger partial charge in [-0.15, -0.1) is 0 Å². The molecule has 166 valence electrons. The van der Waals surface area contributed by atoms with E-state index in [0.29, 0.717) is 22.8 Å². The fourth-order valence-electron chi connectivity index (χ4n) is 2.94. The average molecular weight is 434 g/mol. The smallest absolute Gasteiger partial charge is 0.349 e. The first-order valence-electron chi connectivity index (χ1n) is 10.4. The highest BCUT2D eigenvalue weighted by Crippen LogP contribution is 2.25. The van der Waals surface area contributed by atoms with Crippen molar-refractivity contribution in [2.24, 2.45) is 0 Å². The van der Waals surface area contributed by atoms with Gasteiger partial charge in [-0.3, -0.25) is 0 Å². The second-order valence-electron chi connectivity index (χ2n) is 7.28. The fourth-order valence-corrected chi connectivity index (χ4v) is 2.94. The molecule has 32 heavy (non-hydrogen) atoms. The van der Waals surface area contributed by atoms with Crippen LogP contribution in [-0.4, -0.2) is 31.8 Å². The van der Waals surface area contributed by atoms with E-state index in [-0.39, 0.29) is 25.7 Å². The van der Waals surface area contributed by atoms with Crippen LogP contribution in [0.1, 0.15) is 35.7 Å². The Morgan fingerprint density at radius 2 is 1.44 bits per heavy atom. The maximum atomic E-state index is 12.1. The van der Waals surface area contributed by atoms with Gasteiger partial charge in [0.05, 0.1) is 5.56 Å². The van der Waals surface area contributed by atoms with Crippen molar-refractivity contribution in [2.75, 3.05) is 19.8 Å². The van der Waals surface area contributed by atoms with Crippen molar-refractivity contribution in [2.45, 2.75) is 19.8 Å². The quantitative estimate of drug-likeness (QED) is 0.253.